The fourth-order valence-electron chi connectivity index (χ4n) is 1.52. The van der Waals surface area contributed by atoms with Gasteiger partial charge >= 0.3 is 5.97 Å². The molecule has 0 spiro atoms. The van der Waals surface area contributed by atoms with Crippen LogP contribution in [0.15, 0.2) is 53.0 Å². The van der Waals surface area contributed by atoms with Crippen LogP contribution in [0.2, 0.25) is 5.02 Å². The molecule has 2 aromatic rings. The van der Waals surface area contributed by atoms with Gasteiger partial charge in [-0.1, -0.05) is 29.8 Å². The highest BCUT2D eigenvalue weighted by atomic mass is 79.9. The summed E-state index contributed by atoms with van der Waals surface area (Å²) >= 11 is 9.41. The van der Waals surface area contributed by atoms with Crippen molar-refractivity contribution in [3.8, 4) is 11.5 Å². The molecule has 0 bridgehead atoms. The van der Waals surface area contributed by atoms with Crippen molar-refractivity contribution >= 4 is 39.6 Å². The predicted molar refractivity (Wildman–Crippen MR) is 82.3 cm³/mol. The fourth-order valence-corrected chi connectivity index (χ4v) is 2.17. The standard InChI is InChI=1S/C15H10BrClO3/c16-11-9-10(6-8-15(18)19)5-7-13(11)20-14-4-2-1-3-12(14)17/h1-9H,(H,18,19)/b8-6+. The van der Waals surface area contributed by atoms with E-state index < -0.39 is 5.97 Å². The zero-order valence-electron chi connectivity index (χ0n) is 10.2. The topological polar surface area (TPSA) is 46.5 Å². The molecule has 0 radical (unpaired) electrons. The molecule has 0 aliphatic heterocycles. The Kier molecular flexibility index (Phi) is 4.82. The SMILES string of the molecule is O=C(O)/C=C/c1ccc(Oc2ccccc2Cl)c(Br)c1. The van der Waals surface area contributed by atoms with E-state index in [-0.39, 0.29) is 0 Å². The summed E-state index contributed by atoms with van der Waals surface area (Å²) in [6.07, 6.45) is 2.59. The number of rotatable bonds is 4. The molecular formula is C15H10BrClO3. The molecule has 2 aromatic carbocycles. The van der Waals surface area contributed by atoms with Crippen LogP contribution in [0.5, 0.6) is 11.5 Å². The highest BCUT2D eigenvalue weighted by molar-refractivity contribution is 9.10. The number of carboxylic acids is 1. The second-order valence-electron chi connectivity index (χ2n) is 3.89. The number of hydrogen-bond donors (Lipinski definition) is 1. The normalized spacial score (nSPS) is 10.7. The zero-order valence-corrected chi connectivity index (χ0v) is 12.6. The zero-order chi connectivity index (χ0) is 14.5. The largest absolute Gasteiger partial charge is 0.478 e. The molecule has 5 heteroatoms. The number of halogens is 2. The molecule has 0 amide bonds. The van der Waals surface area contributed by atoms with Crippen molar-refractivity contribution in [2.45, 2.75) is 0 Å². The van der Waals surface area contributed by atoms with E-state index in [2.05, 4.69) is 15.9 Å². The van der Waals surface area contributed by atoms with Gasteiger partial charge in [0.2, 0.25) is 0 Å². The van der Waals surface area contributed by atoms with Crippen LogP contribution in [0, 0.1) is 0 Å². The summed E-state index contributed by atoms with van der Waals surface area (Å²) in [6, 6.07) is 12.4. The fraction of sp³-hybridized carbons (Fsp3) is 0. The Bertz CT molecular complexity index is 668. The quantitative estimate of drug-likeness (QED) is 0.787. The van der Waals surface area contributed by atoms with Crippen LogP contribution < -0.4 is 4.74 Å². The van der Waals surface area contributed by atoms with Gasteiger partial charge in [-0.25, -0.2) is 4.79 Å². The predicted octanol–water partition coefficient (Wildman–Crippen LogP) is 4.99. The number of para-hydroxylation sites is 1. The van der Waals surface area contributed by atoms with Crippen LogP contribution in [-0.2, 0) is 4.79 Å². The molecule has 1 N–H and O–H groups in total. The van der Waals surface area contributed by atoms with E-state index in [1.807, 2.05) is 12.1 Å². The number of hydrogen-bond acceptors (Lipinski definition) is 2. The van der Waals surface area contributed by atoms with Crippen molar-refractivity contribution in [2.24, 2.45) is 0 Å². The second-order valence-corrected chi connectivity index (χ2v) is 5.16. The van der Waals surface area contributed by atoms with E-state index in [9.17, 15) is 4.79 Å². The smallest absolute Gasteiger partial charge is 0.328 e. The van der Waals surface area contributed by atoms with Crippen LogP contribution >= 0.6 is 27.5 Å². The average molecular weight is 354 g/mol. The minimum absolute atomic E-state index is 0.522. The van der Waals surface area contributed by atoms with Gasteiger partial charge in [-0.15, -0.1) is 0 Å². The molecule has 0 fully saturated rings. The Balaban J connectivity index is 2.22. The maximum absolute atomic E-state index is 10.5. The maximum Gasteiger partial charge on any atom is 0.328 e. The molecule has 20 heavy (non-hydrogen) atoms. The summed E-state index contributed by atoms with van der Waals surface area (Å²) in [5.41, 5.74) is 0.755. The highest BCUT2D eigenvalue weighted by Gasteiger charge is 2.06. The molecule has 3 nitrogen and oxygen atoms in total. The van der Waals surface area contributed by atoms with Gasteiger partial charge < -0.3 is 9.84 Å². The van der Waals surface area contributed by atoms with Crippen LogP contribution in [0.3, 0.4) is 0 Å². The molecule has 0 aromatic heterocycles. The third kappa shape index (κ3) is 3.85. The summed E-state index contributed by atoms with van der Waals surface area (Å²) in [6.45, 7) is 0. The van der Waals surface area contributed by atoms with Gasteiger partial charge in [0, 0.05) is 6.08 Å². The molecule has 0 unspecified atom stereocenters. The summed E-state index contributed by atoms with van der Waals surface area (Å²) < 4.78 is 6.41. The van der Waals surface area contributed by atoms with Gasteiger partial charge in [0.25, 0.3) is 0 Å². The Morgan fingerprint density at radius 3 is 2.60 bits per heavy atom. The number of benzene rings is 2. The van der Waals surface area contributed by atoms with Crippen LogP contribution in [0.4, 0.5) is 0 Å². The molecule has 2 rings (SSSR count). The maximum atomic E-state index is 10.5. The minimum atomic E-state index is -0.988. The minimum Gasteiger partial charge on any atom is -0.478 e. The van der Waals surface area contributed by atoms with Gasteiger partial charge in [0.05, 0.1) is 9.50 Å². The van der Waals surface area contributed by atoms with Crippen molar-refractivity contribution in [1.82, 2.24) is 0 Å². The summed E-state index contributed by atoms with van der Waals surface area (Å²) in [7, 11) is 0. The molecule has 0 atom stereocenters. The first-order valence-corrected chi connectivity index (χ1v) is 6.86. The van der Waals surface area contributed by atoms with Crippen molar-refractivity contribution < 1.29 is 14.6 Å². The first-order valence-electron chi connectivity index (χ1n) is 5.69. The highest BCUT2D eigenvalue weighted by Crippen LogP contribution is 2.34. The number of carboxylic acid groups (broad SMARTS) is 1. The van der Waals surface area contributed by atoms with Gasteiger partial charge in [-0.05, 0) is 51.8 Å². The summed E-state index contributed by atoms with van der Waals surface area (Å²) in [5, 5.41) is 9.11. The Morgan fingerprint density at radius 2 is 1.95 bits per heavy atom. The van der Waals surface area contributed by atoms with Gasteiger partial charge in [-0.3, -0.25) is 0 Å². The lowest BCUT2D eigenvalue weighted by Crippen LogP contribution is -1.88. The van der Waals surface area contributed by atoms with Gasteiger partial charge in [0.1, 0.15) is 11.5 Å². The third-order valence-electron chi connectivity index (χ3n) is 2.43. The lowest BCUT2D eigenvalue weighted by molar-refractivity contribution is -0.131. The van der Waals surface area contributed by atoms with Crippen molar-refractivity contribution in [1.29, 1.82) is 0 Å². The number of aliphatic carboxylic acids is 1. The summed E-state index contributed by atoms with van der Waals surface area (Å²) in [5.74, 6) is 0.173. The van der Waals surface area contributed by atoms with Crippen molar-refractivity contribution in [3.63, 3.8) is 0 Å². The summed E-state index contributed by atoms with van der Waals surface area (Å²) in [4.78, 5) is 10.5. The average Bonchev–Trinajstić information content (AvgIpc) is 2.41. The Morgan fingerprint density at radius 1 is 1.20 bits per heavy atom. The molecule has 0 aliphatic rings. The van der Waals surface area contributed by atoms with Crippen LogP contribution in [0.1, 0.15) is 5.56 Å². The Labute approximate surface area is 129 Å². The van der Waals surface area contributed by atoms with Gasteiger partial charge in [-0.2, -0.15) is 0 Å². The molecule has 0 saturated heterocycles. The van der Waals surface area contributed by atoms with E-state index in [4.69, 9.17) is 21.4 Å². The van der Waals surface area contributed by atoms with E-state index in [1.54, 1.807) is 30.3 Å². The third-order valence-corrected chi connectivity index (χ3v) is 3.36. The Hall–Kier alpha value is -1.78. The van der Waals surface area contributed by atoms with E-state index in [0.717, 1.165) is 11.6 Å². The number of carbonyl (C=O) groups is 1. The van der Waals surface area contributed by atoms with Crippen LogP contribution in [0.25, 0.3) is 6.08 Å². The van der Waals surface area contributed by atoms with E-state index in [1.165, 1.54) is 6.08 Å². The van der Waals surface area contributed by atoms with E-state index in [0.29, 0.717) is 21.0 Å². The second kappa shape index (κ2) is 6.59. The van der Waals surface area contributed by atoms with Crippen molar-refractivity contribution in [2.75, 3.05) is 0 Å². The lowest BCUT2D eigenvalue weighted by atomic mass is 10.2. The number of ether oxygens (including phenoxy) is 1. The first kappa shape index (κ1) is 14.6. The molecule has 0 saturated carbocycles. The molecule has 0 aliphatic carbocycles. The monoisotopic (exact) mass is 352 g/mol. The van der Waals surface area contributed by atoms with E-state index >= 15 is 0 Å². The van der Waals surface area contributed by atoms with Crippen molar-refractivity contribution in [3.05, 3.63) is 63.6 Å². The molecule has 0 heterocycles. The molecular weight excluding hydrogens is 344 g/mol. The first-order chi connectivity index (χ1) is 9.56. The molecule has 102 valence electrons. The van der Waals surface area contributed by atoms with Gasteiger partial charge in [0.15, 0.2) is 0 Å². The van der Waals surface area contributed by atoms with Crippen LogP contribution in [-0.4, -0.2) is 11.1 Å². The lowest BCUT2D eigenvalue weighted by Gasteiger charge is -2.09.